The van der Waals surface area contributed by atoms with Gasteiger partial charge in [0, 0.05) is 12.5 Å². The Morgan fingerprint density at radius 1 is 1.00 bits per heavy atom. The second-order valence-electron chi connectivity index (χ2n) is 6.27. The van der Waals surface area contributed by atoms with Crippen molar-refractivity contribution in [1.82, 2.24) is 0 Å². The zero-order valence-electron chi connectivity index (χ0n) is 16.0. The van der Waals surface area contributed by atoms with Crippen molar-refractivity contribution in [3.63, 3.8) is 0 Å². The van der Waals surface area contributed by atoms with E-state index in [9.17, 15) is 18.8 Å². The van der Waals surface area contributed by atoms with Crippen molar-refractivity contribution in [2.75, 3.05) is 14.2 Å². The van der Waals surface area contributed by atoms with Crippen molar-refractivity contribution in [1.29, 1.82) is 0 Å². The Kier molecular flexibility index (Phi) is 6.91. The molecule has 2 aromatic rings. The van der Waals surface area contributed by atoms with Gasteiger partial charge in [-0.25, -0.2) is 4.39 Å². The Bertz CT molecular complexity index is 925. The molecule has 7 heteroatoms. The van der Waals surface area contributed by atoms with Gasteiger partial charge in [-0.2, -0.15) is 0 Å². The minimum atomic E-state index is -1.42. The molecule has 0 spiro atoms. The fourth-order valence-corrected chi connectivity index (χ4v) is 3.19. The zero-order valence-corrected chi connectivity index (χ0v) is 16.7. The van der Waals surface area contributed by atoms with Crippen LogP contribution in [0.15, 0.2) is 30.3 Å². The largest absolute Gasteiger partial charge is 0.496 e. The molecular weight excluding hydrogens is 387 g/mol. The van der Waals surface area contributed by atoms with E-state index in [2.05, 4.69) is 0 Å². The standard InChI is InChI=1S/C21H20ClFO5/c1-11(24)19(12(2)25)21(26)15-9-14(17(27-3)10-18(15)28-4)8-13-6-5-7-16(22)20(13)23/h5-7,9-10,19H,8H2,1-4H3. The van der Waals surface area contributed by atoms with Gasteiger partial charge in [0.15, 0.2) is 5.78 Å². The van der Waals surface area contributed by atoms with Crippen molar-refractivity contribution < 1.29 is 28.2 Å². The number of benzene rings is 2. The molecule has 28 heavy (non-hydrogen) atoms. The summed E-state index contributed by atoms with van der Waals surface area (Å²) in [6, 6.07) is 7.55. The Balaban J connectivity index is 2.60. The minimum Gasteiger partial charge on any atom is -0.496 e. The summed E-state index contributed by atoms with van der Waals surface area (Å²) in [5.41, 5.74) is 0.846. The highest BCUT2D eigenvalue weighted by atomic mass is 35.5. The van der Waals surface area contributed by atoms with Gasteiger partial charge in [0.2, 0.25) is 0 Å². The number of hydrogen-bond donors (Lipinski definition) is 0. The molecule has 0 saturated heterocycles. The van der Waals surface area contributed by atoms with Crippen LogP contribution in [-0.4, -0.2) is 31.6 Å². The van der Waals surface area contributed by atoms with Crippen molar-refractivity contribution in [3.8, 4) is 11.5 Å². The quantitative estimate of drug-likeness (QED) is 0.488. The van der Waals surface area contributed by atoms with Crippen molar-refractivity contribution in [2.24, 2.45) is 5.92 Å². The maximum Gasteiger partial charge on any atom is 0.184 e. The Morgan fingerprint density at radius 2 is 1.61 bits per heavy atom. The normalized spacial score (nSPS) is 10.7. The minimum absolute atomic E-state index is 0.0190. The average molecular weight is 407 g/mol. The van der Waals surface area contributed by atoms with E-state index in [1.807, 2.05) is 0 Å². The third-order valence-corrected chi connectivity index (χ3v) is 4.65. The van der Waals surface area contributed by atoms with Gasteiger partial charge in [-0.15, -0.1) is 0 Å². The molecule has 0 saturated carbocycles. The number of ether oxygens (including phenoxy) is 2. The molecule has 0 radical (unpaired) electrons. The highest BCUT2D eigenvalue weighted by Crippen LogP contribution is 2.33. The van der Waals surface area contributed by atoms with Crippen molar-refractivity contribution in [3.05, 3.63) is 57.9 Å². The predicted molar refractivity (Wildman–Crippen MR) is 103 cm³/mol. The van der Waals surface area contributed by atoms with Crippen LogP contribution in [0.3, 0.4) is 0 Å². The molecule has 0 unspecified atom stereocenters. The maximum absolute atomic E-state index is 14.3. The first kappa shape index (κ1) is 21.6. The molecule has 5 nitrogen and oxygen atoms in total. The lowest BCUT2D eigenvalue weighted by atomic mass is 9.89. The number of Topliss-reactive ketones (excluding diaryl/α,β-unsaturated/α-hetero) is 3. The summed E-state index contributed by atoms with van der Waals surface area (Å²) in [5.74, 6) is -3.25. The summed E-state index contributed by atoms with van der Waals surface area (Å²) < 4.78 is 24.9. The number of hydrogen-bond acceptors (Lipinski definition) is 5. The third kappa shape index (κ3) is 4.39. The summed E-state index contributed by atoms with van der Waals surface area (Å²) in [4.78, 5) is 36.5. The van der Waals surface area contributed by atoms with Crippen LogP contribution in [0.4, 0.5) is 4.39 Å². The molecule has 0 bridgehead atoms. The van der Waals surface area contributed by atoms with E-state index in [1.165, 1.54) is 46.3 Å². The fourth-order valence-electron chi connectivity index (χ4n) is 3.00. The van der Waals surface area contributed by atoms with E-state index in [4.69, 9.17) is 21.1 Å². The Hall–Kier alpha value is -2.73. The molecular formula is C21H20ClFO5. The molecule has 2 aromatic carbocycles. The van der Waals surface area contributed by atoms with E-state index >= 15 is 0 Å². The molecule has 2 rings (SSSR count). The molecule has 0 atom stereocenters. The number of rotatable bonds is 8. The van der Waals surface area contributed by atoms with Crippen LogP contribution >= 0.6 is 11.6 Å². The van der Waals surface area contributed by atoms with E-state index in [1.54, 1.807) is 12.1 Å². The lowest BCUT2D eigenvalue weighted by molar-refractivity contribution is -0.128. The summed E-state index contributed by atoms with van der Waals surface area (Å²) >= 11 is 5.84. The van der Waals surface area contributed by atoms with E-state index in [-0.39, 0.29) is 22.8 Å². The number of halogens is 2. The monoisotopic (exact) mass is 406 g/mol. The zero-order chi connectivity index (χ0) is 21.0. The van der Waals surface area contributed by atoms with Gasteiger partial charge in [-0.3, -0.25) is 14.4 Å². The molecule has 0 N–H and O–H groups in total. The van der Waals surface area contributed by atoms with Gasteiger partial charge in [0.25, 0.3) is 0 Å². The van der Waals surface area contributed by atoms with Crippen LogP contribution in [0.25, 0.3) is 0 Å². The maximum atomic E-state index is 14.3. The Morgan fingerprint density at radius 3 is 2.14 bits per heavy atom. The number of methoxy groups -OCH3 is 2. The topological polar surface area (TPSA) is 69.7 Å². The number of ketones is 3. The fraction of sp³-hybridized carbons (Fsp3) is 0.286. The van der Waals surface area contributed by atoms with Gasteiger partial charge in [-0.05, 0) is 37.1 Å². The van der Waals surface area contributed by atoms with Crippen LogP contribution in [0, 0.1) is 11.7 Å². The van der Waals surface area contributed by atoms with Crippen LogP contribution in [0.1, 0.15) is 35.3 Å². The second-order valence-corrected chi connectivity index (χ2v) is 6.68. The number of carbonyl (C=O) groups is 3. The summed E-state index contributed by atoms with van der Waals surface area (Å²) in [7, 11) is 2.79. The van der Waals surface area contributed by atoms with E-state index in [0.29, 0.717) is 16.9 Å². The average Bonchev–Trinajstić information content (AvgIpc) is 2.64. The van der Waals surface area contributed by atoms with Crippen molar-refractivity contribution in [2.45, 2.75) is 20.3 Å². The highest BCUT2D eigenvalue weighted by Gasteiger charge is 2.31. The van der Waals surface area contributed by atoms with Crippen LogP contribution < -0.4 is 9.47 Å². The molecule has 0 fully saturated rings. The van der Waals surface area contributed by atoms with Gasteiger partial charge in [0.1, 0.15) is 34.8 Å². The lowest BCUT2D eigenvalue weighted by Gasteiger charge is -2.17. The van der Waals surface area contributed by atoms with Crippen molar-refractivity contribution >= 4 is 29.0 Å². The first-order valence-electron chi connectivity index (χ1n) is 8.44. The van der Waals surface area contributed by atoms with E-state index < -0.39 is 29.1 Å². The molecule has 0 aliphatic heterocycles. The summed E-state index contributed by atoms with van der Waals surface area (Å²) in [5, 5.41) is -0.0190. The number of carbonyl (C=O) groups excluding carboxylic acids is 3. The summed E-state index contributed by atoms with van der Waals surface area (Å²) in [6.07, 6.45) is 0.0879. The first-order chi connectivity index (χ1) is 13.2. The van der Waals surface area contributed by atoms with Gasteiger partial charge >= 0.3 is 0 Å². The highest BCUT2D eigenvalue weighted by molar-refractivity contribution is 6.30. The molecule has 0 amide bonds. The van der Waals surface area contributed by atoms with Crippen LogP contribution in [0.5, 0.6) is 11.5 Å². The predicted octanol–water partition coefficient (Wildman–Crippen LogP) is 4.06. The van der Waals surface area contributed by atoms with Gasteiger partial charge in [0.05, 0.1) is 24.8 Å². The lowest BCUT2D eigenvalue weighted by Crippen LogP contribution is -2.29. The van der Waals surface area contributed by atoms with Gasteiger partial charge in [-0.1, -0.05) is 23.7 Å². The summed E-state index contributed by atoms with van der Waals surface area (Å²) in [6.45, 7) is 2.37. The Labute approximate surface area is 167 Å². The molecule has 0 aliphatic carbocycles. The van der Waals surface area contributed by atoms with Crippen LogP contribution in [0.2, 0.25) is 5.02 Å². The third-order valence-electron chi connectivity index (χ3n) is 4.36. The molecule has 0 aliphatic rings. The smallest absolute Gasteiger partial charge is 0.184 e. The SMILES string of the molecule is COc1cc(OC)c(C(=O)C(C(C)=O)C(C)=O)cc1Cc1cccc(Cl)c1F. The molecule has 0 aromatic heterocycles. The van der Waals surface area contributed by atoms with Crippen LogP contribution in [-0.2, 0) is 16.0 Å². The van der Waals surface area contributed by atoms with E-state index in [0.717, 1.165) is 0 Å². The first-order valence-corrected chi connectivity index (χ1v) is 8.81. The molecule has 0 heterocycles. The second kappa shape index (κ2) is 8.97. The van der Waals surface area contributed by atoms with Gasteiger partial charge < -0.3 is 9.47 Å². The molecule has 148 valence electrons.